The Labute approximate surface area is 358 Å². The molecule has 290 valence electrons. The molecule has 0 aliphatic heterocycles. The Bertz CT molecular complexity index is 3520. The zero-order valence-electron chi connectivity index (χ0n) is 33.6. The fourth-order valence-corrected chi connectivity index (χ4v) is 9.17. The number of hydrogen-bond donors (Lipinski definition) is 0. The summed E-state index contributed by atoms with van der Waals surface area (Å²) >= 11 is 0. The van der Waals surface area contributed by atoms with Crippen LogP contribution in [-0.2, 0) is 0 Å². The average molecular weight is 792 g/mol. The van der Waals surface area contributed by atoms with Gasteiger partial charge in [0, 0.05) is 55.0 Å². The summed E-state index contributed by atoms with van der Waals surface area (Å²) in [5.74, 6) is 1.86. The van der Waals surface area contributed by atoms with E-state index in [-0.39, 0.29) is 0 Å². The molecule has 12 aromatic rings. The maximum absolute atomic E-state index is 5.19. The van der Waals surface area contributed by atoms with Gasteiger partial charge in [-0.1, -0.05) is 188 Å². The van der Waals surface area contributed by atoms with Crippen molar-refractivity contribution in [3.05, 3.63) is 224 Å². The number of hydrogen-bond acceptors (Lipinski definition) is 3. The third-order valence-electron chi connectivity index (χ3n) is 12.0. The fraction of sp³-hybridized carbons (Fsp3) is 0. The lowest BCUT2D eigenvalue weighted by molar-refractivity contribution is 1.07. The monoisotopic (exact) mass is 791 g/mol. The van der Waals surface area contributed by atoms with Crippen LogP contribution >= 0.6 is 0 Å². The Morgan fingerprint density at radius 2 is 0.613 bits per heavy atom. The van der Waals surface area contributed by atoms with Gasteiger partial charge in [0.1, 0.15) is 0 Å². The number of benzene rings is 9. The normalized spacial score (nSPS) is 11.5. The van der Waals surface area contributed by atoms with Crippen LogP contribution in [0.5, 0.6) is 0 Å². The summed E-state index contributed by atoms with van der Waals surface area (Å²) in [6.45, 7) is 0. The van der Waals surface area contributed by atoms with Crippen molar-refractivity contribution in [1.82, 2.24) is 24.1 Å². The smallest absolute Gasteiger partial charge is 0.164 e. The second kappa shape index (κ2) is 14.7. The van der Waals surface area contributed by atoms with Crippen molar-refractivity contribution >= 4 is 43.6 Å². The van der Waals surface area contributed by atoms with E-state index < -0.39 is 0 Å². The van der Waals surface area contributed by atoms with Crippen molar-refractivity contribution in [2.24, 2.45) is 0 Å². The molecule has 3 heterocycles. The zero-order chi connectivity index (χ0) is 41.0. The molecule has 0 unspecified atom stereocenters. The second-order valence-electron chi connectivity index (χ2n) is 15.6. The van der Waals surface area contributed by atoms with Gasteiger partial charge in [-0.15, -0.1) is 0 Å². The molecule has 0 saturated heterocycles. The molecule has 5 nitrogen and oxygen atoms in total. The Hall–Kier alpha value is -8.41. The molecular weight excluding hydrogens is 755 g/mol. The molecule has 12 rings (SSSR count). The van der Waals surface area contributed by atoms with E-state index in [4.69, 9.17) is 15.0 Å². The Kier molecular flexibility index (Phi) is 8.42. The van der Waals surface area contributed by atoms with E-state index in [9.17, 15) is 0 Å². The van der Waals surface area contributed by atoms with E-state index in [2.05, 4.69) is 215 Å². The molecule has 62 heavy (non-hydrogen) atoms. The molecule has 0 fully saturated rings. The van der Waals surface area contributed by atoms with Gasteiger partial charge in [0.2, 0.25) is 0 Å². The topological polar surface area (TPSA) is 48.5 Å². The number of nitrogens with zero attached hydrogens (tertiary/aromatic N) is 5. The van der Waals surface area contributed by atoms with Crippen LogP contribution in [0, 0.1) is 0 Å². The fourth-order valence-electron chi connectivity index (χ4n) is 9.17. The molecule has 0 aliphatic carbocycles. The SMILES string of the molecule is c1ccc(-c2nc(-c3ccc(-c4cccc(-c5ccccc5)c4-n4c5ccccc5c5ccccc54)cc3)nc(-c3cccc(-n4c5ccccc5c5ccccc54)c3)n2)cc1. The van der Waals surface area contributed by atoms with Crippen molar-refractivity contribution < 1.29 is 0 Å². The Balaban J connectivity index is 1.01. The van der Waals surface area contributed by atoms with Crippen molar-refractivity contribution in [2.75, 3.05) is 0 Å². The van der Waals surface area contributed by atoms with Crippen molar-refractivity contribution in [2.45, 2.75) is 0 Å². The maximum atomic E-state index is 5.19. The highest BCUT2D eigenvalue weighted by atomic mass is 15.0. The second-order valence-corrected chi connectivity index (χ2v) is 15.6. The lowest BCUT2D eigenvalue weighted by Crippen LogP contribution is -2.02. The third kappa shape index (κ3) is 5.90. The van der Waals surface area contributed by atoms with E-state index >= 15 is 0 Å². The molecule has 3 aromatic heterocycles. The predicted octanol–water partition coefficient (Wildman–Crippen LogP) is 14.4. The maximum Gasteiger partial charge on any atom is 0.164 e. The van der Waals surface area contributed by atoms with Crippen LogP contribution in [0.3, 0.4) is 0 Å². The van der Waals surface area contributed by atoms with Gasteiger partial charge in [0.15, 0.2) is 17.5 Å². The molecule has 0 amide bonds. The summed E-state index contributed by atoms with van der Waals surface area (Å²) in [7, 11) is 0. The molecular formula is C57H37N5. The molecule has 5 heteroatoms. The van der Waals surface area contributed by atoms with E-state index in [1.54, 1.807) is 0 Å². The lowest BCUT2D eigenvalue weighted by atomic mass is 9.95. The van der Waals surface area contributed by atoms with Crippen molar-refractivity contribution in [1.29, 1.82) is 0 Å². The van der Waals surface area contributed by atoms with E-state index in [1.807, 2.05) is 18.2 Å². The summed E-state index contributed by atoms with van der Waals surface area (Å²) in [5, 5.41) is 4.90. The van der Waals surface area contributed by atoms with E-state index in [0.29, 0.717) is 17.5 Å². The van der Waals surface area contributed by atoms with E-state index in [1.165, 1.54) is 32.6 Å². The predicted molar refractivity (Wildman–Crippen MR) is 256 cm³/mol. The molecule has 0 saturated carbocycles. The Morgan fingerprint density at radius 1 is 0.258 bits per heavy atom. The number of para-hydroxylation sites is 5. The first-order valence-electron chi connectivity index (χ1n) is 21.0. The largest absolute Gasteiger partial charge is 0.309 e. The lowest BCUT2D eigenvalue weighted by Gasteiger charge is -2.19. The summed E-state index contributed by atoms with van der Waals surface area (Å²) in [4.78, 5) is 15.4. The Morgan fingerprint density at radius 3 is 1.13 bits per heavy atom. The molecule has 0 spiro atoms. The summed E-state index contributed by atoms with van der Waals surface area (Å²) in [6, 6.07) is 79.3. The van der Waals surface area contributed by atoms with Crippen LogP contribution < -0.4 is 0 Å². The minimum atomic E-state index is 0.614. The molecule has 0 radical (unpaired) electrons. The van der Waals surface area contributed by atoms with Crippen LogP contribution in [0.2, 0.25) is 0 Å². The molecule has 9 aromatic carbocycles. The van der Waals surface area contributed by atoms with Crippen LogP contribution in [0.15, 0.2) is 224 Å². The molecule has 0 aliphatic rings. The molecule has 0 N–H and O–H groups in total. The van der Waals surface area contributed by atoms with Gasteiger partial charge in [-0.3, -0.25) is 0 Å². The van der Waals surface area contributed by atoms with Gasteiger partial charge in [-0.2, -0.15) is 0 Å². The molecule has 0 atom stereocenters. The van der Waals surface area contributed by atoms with Gasteiger partial charge in [0.05, 0.1) is 27.8 Å². The standard InChI is InChI=1S/C57H37N5/c1-3-17-38(18-4-1)44-27-16-28-45(54(44)62-52-31-13-9-25-48(52)49-26-10-14-32-53(49)62)39-33-35-41(36-34-39)56-58-55(40-19-5-2-6-20-40)59-57(60-56)42-21-15-22-43(37-42)61-50-29-11-7-23-46(50)47-24-8-12-30-51(47)61/h1-37H. The van der Waals surface area contributed by atoms with E-state index in [0.717, 1.165) is 61.4 Å². The van der Waals surface area contributed by atoms with Gasteiger partial charge in [-0.05, 0) is 47.5 Å². The third-order valence-corrected chi connectivity index (χ3v) is 12.0. The first kappa shape index (κ1) is 35.5. The van der Waals surface area contributed by atoms with Crippen molar-refractivity contribution in [3.63, 3.8) is 0 Å². The van der Waals surface area contributed by atoms with Crippen LogP contribution in [0.4, 0.5) is 0 Å². The minimum Gasteiger partial charge on any atom is -0.309 e. The van der Waals surface area contributed by atoms with Gasteiger partial charge >= 0.3 is 0 Å². The van der Waals surface area contributed by atoms with Crippen LogP contribution in [0.1, 0.15) is 0 Å². The summed E-state index contributed by atoms with van der Waals surface area (Å²) in [6.07, 6.45) is 0. The van der Waals surface area contributed by atoms with Crippen molar-refractivity contribution in [3.8, 4) is 67.8 Å². The highest BCUT2D eigenvalue weighted by Crippen LogP contribution is 2.42. The van der Waals surface area contributed by atoms with Crippen LogP contribution in [0.25, 0.3) is 111 Å². The first-order chi connectivity index (χ1) is 30.8. The highest BCUT2D eigenvalue weighted by molar-refractivity contribution is 6.11. The number of rotatable bonds is 7. The number of aromatic nitrogens is 5. The quantitative estimate of drug-likeness (QED) is 0.162. The summed E-state index contributed by atoms with van der Waals surface area (Å²) < 4.78 is 4.77. The van der Waals surface area contributed by atoms with Gasteiger partial charge in [0.25, 0.3) is 0 Å². The number of fused-ring (bicyclic) bond motifs is 6. The first-order valence-corrected chi connectivity index (χ1v) is 21.0. The highest BCUT2D eigenvalue weighted by Gasteiger charge is 2.21. The van der Waals surface area contributed by atoms with Gasteiger partial charge < -0.3 is 9.13 Å². The summed E-state index contributed by atoms with van der Waals surface area (Å²) in [5.41, 5.74) is 14.1. The zero-order valence-corrected chi connectivity index (χ0v) is 33.6. The van der Waals surface area contributed by atoms with Crippen LogP contribution in [-0.4, -0.2) is 24.1 Å². The molecule has 0 bridgehead atoms. The average Bonchev–Trinajstić information content (AvgIpc) is 3.87. The minimum absolute atomic E-state index is 0.614. The van der Waals surface area contributed by atoms with Gasteiger partial charge in [-0.25, -0.2) is 15.0 Å².